The molecule has 0 aliphatic carbocycles. The topological polar surface area (TPSA) is 185 Å². The Labute approximate surface area is 394 Å². The normalized spacial score (nSPS) is 19.1. The lowest BCUT2D eigenvalue weighted by Crippen LogP contribution is -2.57. The first kappa shape index (κ1) is 45.5. The molecule has 344 valence electrons. The van der Waals surface area contributed by atoms with Crippen LogP contribution in [0, 0.1) is 17.2 Å². The molecule has 1 atom stereocenters. The summed E-state index contributed by atoms with van der Waals surface area (Å²) in [6, 6.07) is 16.7. The molecule has 0 bridgehead atoms. The van der Waals surface area contributed by atoms with Crippen LogP contribution in [0.2, 0.25) is 0 Å². The molecule has 66 heavy (non-hydrogen) atoms. The van der Waals surface area contributed by atoms with Crippen molar-refractivity contribution < 1.29 is 18.9 Å². The third kappa shape index (κ3) is 9.60. The first-order valence-electron chi connectivity index (χ1n) is 22.8. The molecule has 4 saturated heterocycles. The standard InChI is InChI=1S/C48H56BrN12O4P/c1-5-31-23-40(55-48-53-26-37(49)46(57-48)54-39-10-9-38-44(52-15-14-51-38)45(39)66(3,4)64)42(65-2)24-41(31)60-16-12-33(13-17-60)59-20-18-58(19-21-59)27-30-28-61(29-30)34-6-7-35(32(22-34)25-50)36-8-11-43(62)56-47(36)63/h6-7,9-10,14-15,22-24,26,30,33,36H,5,8,11-13,16-21,27-29H2,1-4H3,(H,56,62,63)(H2,53,54,55,57). The van der Waals surface area contributed by atoms with E-state index < -0.39 is 13.1 Å². The lowest BCUT2D eigenvalue weighted by Gasteiger charge is -2.47. The molecule has 4 aliphatic heterocycles. The van der Waals surface area contributed by atoms with E-state index in [1.807, 2.05) is 30.3 Å². The number of rotatable bonds is 13. The fraction of sp³-hybridized carbons (Fsp3) is 0.438. The Morgan fingerprint density at radius 2 is 1.70 bits per heavy atom. The number of imide groups is 1. The van der Waals surface area contributed by atoms with Crippen LogP contribution in [0.3, 0.4) is 0 Å². The number of hydrogen-bond donors (Lipinski definition) is 3. The molecule has 1 unspecified atom stereocenters. The van der Waals surface area contributed by atoms with Gasteiger partial charge in [0.05, 0.1) is 51.3 Å². The number of fused-ring (bicyclic) bond motifs is 1. The molecule has 4 aliphatic rings. The highest BCUT2D eigenvalue weighted by Crippen LogP contribution is 2.42. The van der Waals surface area contributed by atoms with Gasteiger partial charge in [0.15, 0.2) is 0 Å². The van der Waals surface area contributed by atoms with Gasteiger partial charge in [0.25, 0.3) is 0 Å². The molecule has 18 heteroatoms. The predicted octanol–water partition coefficient (Wildman–Crippen LogP) is 6.60. The number of hydrogen-bond acceptors (Lipinski definition) is 15. The van der Waals surface area contributed by atoms with Crippen LogP contribution in [-0.2, 0) is 20.6 Å². The van der Waals surface area contributed by atoms with Gasteiger partial charge in [-0.1, -0.05) is 13.0 Å². The largest absolute Gasteiger partial charge is 0.494 e. The number of nitrogens with zero attached hydrogens (tertiary/aromatic N) is 9. The van der Waals surface area contributed by atoms with Crippen molar-refractivity contribution in [1.82, 2.24) is 35.1 Å². The van der Waals surface area contributed by atoms with E-state index in [1.165, 1.54) is 11.3 Å². The summed E-state index contributed by atoms with van der Waals surface area (Å²) in [6.07, 6.45) is 8.72. The number of benzene rings is 3. The fourth-order valence-electron chi connectivity index (χ4n) is 10.1. The number of piperazine rings is 1. The summed E-state index contributed by atoms with van der Waals surface area (Å²) in [5.74, 6) is 1.15. The summed E-state index contributed by atoms with van der Waals surface area (Å²) >= 11 is 3.60. The van der Waals surface area contributed by atoms with Gasteiger partial charge < -0.3 is 34.6 Å². The minimum atomic E-state index is -2.77. The Morgan fingerprint density at radius 3 is 2.41 bits per heavy atom. The average Bonchev–Trinajstić information content (AvgIpc) is 3.30. The van der Waals surface area contributed by atoms with Gasteiger partial charge in [-0.25, -0.2) is 4.98 Å². The zero-order valence-corrected chi connectivity index (χ0v) is 40.4. The average molecular weight is 976 g/mol. The van der Waals surface area contributed by atoms with Crippen molar-refractivity contribution in [2.24, 2.45) is 5.92 Å². The van der Waals surface area contributed by atoms with Crippen molar-refractivity contribution in [2.75, 3.05) is 99.8 Å². The van der Waals surface area contributed by atoms with Gasteiger partial charge in [-0.05, 0) is 96.4 Å². The zero-order valence-electron chi connectivity index (χ0n) is 37.9. The van der Waals surface area contributed by atoms with Crippen LogP contribution in [0.1, 0.15) is 55.2 Å². The Kier molecular flexibility index (Phi) is 13.3. The molecular formula is C48H56BrN12O4P. The number of methoxy groups -OCH3 is 1. The number of piperidine rings is 2. The van der Waals surface area contributed by atoms with Gasteiger partial charge >= 0.3 is 0 Å². The van der Waals surface area contributed by atoms with Crippen LogP contribution in [-0.4, -0.2) is 127 Å². The van der Waals surface area contributed by atoms with Crippen molar-refractivity contribution in [2.45, 2.75) is 51.0 Å². The zero-order chi connectivity index (χ0) is 46.1. The number of nitriles is 1. The highest BCUT2D eigenvalue weighted by atomic mass is 79.9. The molecule has 2 amide bonds. The molecule has 5 aromatic rings. The lowest BCUT2D eigenvalue weighted by molar-refractivity contribution is -0.134. The number of aryl methyl sites for hydroxylation is 1. The summed E-state index contributed by atoms with van der Waals surface area (Å²) in [7, 11) is -1.09. The molecule has 2 aromatic heterocycles. The smallest absolute Gasteiger partial charge is 0.234 e. The van der Waals surface area contributed by atoms with Crippen molar-refractivity contribution in [3.8, 4) is 11.8 Å². The molecular weight excluding hydrogens is 919 g/mol. The predicted molar refractivity (Wildman–Crippen MR) is 263 cm³/mol. The Balaban J connectivity index is 0.775. The number of amides is 2. The highest BCUT2D eigenvalue weighted by molar-refractivity contribution is 9.10. The summed E-state index contributed by atoms with van der Waals surface area (Å²) in [6.45, 7) is 14.9. The molecule has 0 radical (unpaired) electrons. The Morgan fingerprint density at radius 1 is 0.924 bits per heavy atom. The van der Waals surface area contributed by atoms with Crippen LogP contribution in [0.4, 0.5) is 34.5 Å². The second kappa shape index (κ2) is 19.3. The number of nitrogens with one attached hydrogen (secondary N) is 3. The molecule has 4 fully saturated rings. The van der Waals surface area contributed by atoms with E-state index >= 15 is 0 Å². The molecule has 9 rings (SSSR count). The number of halogens is 1. The van der Waals surface area contributed by atoms with Crippen molar-refractivity contribution in [3.63, 3.8) is 0 Å². The van der Waals surface area contributed by atoms with E-state index in [0.717, 1.165) is 89.5 Å². The van der Waals surface area contributed by atoms with Crippen LogP contribution in [0.5, 0.6) is 5.75 Å². The van der Waals surface area contributed by atoms with Crippen molar-refractivity contribution in [1.29, 1.82) is 5.26 Å². The molecule has 0 saturated carbocycles. The molecule has 6 heterocycles. The van der Waals surface area contributed by atoms with Gasteiger partial charge in [0, 0.05) is 113 Å². The molecule has 16 nitrogen and oxygen atoms in total. The monoisotopic (exact) mass is 974 g/mol. The lowest BCUT2D eigenvalue weighted by atomic mass is 9.87. The number of aromatic nitrogens is 4. The van der Waals surface area contributed by atoms with E-state index in [2.05, 4.69) is 91.6 Å². The van der Waals surface area contributed by atoms with Crippen LogP contribution < -0.4 is 35.8 Å². The first-order chi connectivity index (χ1) is 31.9. The Bertz CT molecular complexity index is 2740. The van der Waals surface area contributed by atoms with Crippen LogP contribution >= 0.6 is 23.1 Å². The summed E-state index contributed by atoms with van der Waals surface area (Å²) in [4.78, 5) is 52.6. The van der Waals surface area contributed by atoms with Gasteiger partial charge in [-0.2, -0.15) is 10.2 Å². The SMILES string of the molecule is CCc1cc(Nc2ncc(Br)c(Nc3ccc4nccnc4c3P(C)(C)=O)n2)c(OC)cc1N1CCC(N2CCN(CC3CN(c4ccc(C5CCC(=O)NC5=O)c(C#N)c4)C3)CC2)CC1. The summed E-state index contributed by atoms with van der Waals surface area (Å²) in [5.41, 5.74) is 7.34. The minimum absolute atomic E-state index is 0.251. The Hall–Kier alpha value is -5.66. The number of ether oxygens (including phenoxy) is 1. The maximum absolute atomic E-state index is 13.5. The maximum Gasteiger partial charge on any atom is 0.234 e. The van der Waals surface area contributed by atoms with Crippen molar-refractivity contribution in [3.05, 3.63) is 82.2 Å². The molecule has 3 N–H and O–H groups in total. The molecule has 3 aromatic carbocycles. The van der Waals surface area contributed by atoms with E-state index in [4.69, 9.17) is 9.72 Å². The number of carbonyl (C=O) groups excluding carboxylic acids is 2. The summed E-state index contributed by atoms with van der Waals surface area (Å²) < 4.78 is 20.2. The third-order valence-corrected chi connectivity index (χ3v) is 15.6. The third-order valence-electron chi connectivity index (χ3n) is 13.5. The van der Waals surface area contributed by atoms with Crippen molar-refractivity contribution >= 4 is 85.7 Å². The first-order valence-corrected chi connectivity index (χ1v) is 26.2. The quantitative estimate of drug-likeness (QED) is 0.0846. The summed E-state index contributed by atoms with van der Waals surface area (Å²) in [5, 5.41) is 19.7. The fourth-order valence-corrected chi connectivity index (χ4v) is 11.7. The number of anilines is 6. The number of carbonyl (C=O) groups is 2. The van der Waals surface area contributed by atoms with Gasteiger partial charge in [0.2, 0.25) is 17.8 Å². The highest BCUT2D eigenvalue weighted by Gasteiger charge is 2.34. The minimum Gasteiger partial charge on any atom is -0.494 e. The second-order valence-electron chi connectivity index (χ2n) is 18.1. The molecule has 0 spiro atoms. The van der Waals surface area contributed by atoms with Crippen LogP contribution in [0.15, 0.2) is 65.5 Å². The van der Waals surface area contributed by atoms with Crippen LogP contribution in [0.25, 0.3) is 11.0 Å². The van der Waals surface area contributed by atoms with Gasteiger partial charge in [-0.3, -0.25) is 29.8 Å². The van der Waals surface area contributed by atoms with E-state index in [9.17, 15) is 19.4 Å². The second-order valence-corrected chi connectivity index (χ2v) is 22.1. The van der Waals surface area contributed by atoms with E-state index in [0.29, 0.717) is 79.9 Å². The van der Waals surface area contributed by atoms with Gasteiger partial charge in [0.1, 0.15) is 24.2 Å². The van der Waals surface area contributed by atoms with E-state index in [1.54, 1.807) is 39.0 Å². The maximum atomic E-state index is 13.5. The van der Waals surface area contributed by atoms with Gasteiger partial charge in [-0.15, -0.1) is 0 Å². The van der Waals surface area contributed by atoms with E-state index in [-0.39, 0.29) is 11.8 Å².